The zero-order chi connectivity index (χ0) is 20.8. The third-order valence-electron chi connectivity index (χ3n) is 4.52. The molecule has 1 aliphatic heterocycles. The number of anilines is 1. The first-order valence-electron chi connectivity index (χ1n) is 9.39. The van der Waals surface area contributed by atoms with Crippen molar-refractivity contribution in [1.29, 1.82) is 0 Å². The summed E-state index contributed by atoms with van der Waals surface area (Å²) in [6, 6.07) is 5.72. The standard InChI is InChI=1S/C19H22ClN5O4/c1-13-22-17(24-8-3-2-4-9-24)12-18(23-13)29-10-7-21-19(26)14-5-6-15(20)16(11-14)25(27)28/h5-6,11-12H,2-4,7-10H2,1H3,(H,21,26). The van der Waals surface area contributed by atoms with Gasteiger partial charge in [-0.2, -0.15) is 4.98 Å². The molecule has 0 aliphatic carbocycles. The molecule has 1 aliphatic rings. The van der Waals surface area contributed by atoms with E-state index in [0.717, 1.165) is 37.8 Å². The second kappa shape index (κ2) is 9.51. The molecule has 0 atom stereocenters. The SMILES string of the molecule is Cc1nc(OCCNC(=O)c2ccc(Cl)c([N+](=O)[O-])c2)cc(N2CCCCC2)n1. The van der Waals surface area contributed by atoms with Crippen LogP contribution in [0.4, 0.5) is 11.5 Å². The van der Waals surface area contributed by atoms with Gasteiger partial charge in [-0.25, -0.2) is 4.98 Å². The highest BCUT2D eigenvalue weighted by Gasteiger charge is 2.17. The van der Waals surface area contributed by atoms with Crippen LogP contribution in [0.5, 0.6) is 5.88 Å². The molecule has 29 heavy (non-hydrogen) atoms. The molecule has 1 amide bonds. The Labute approximate surface area is 173 Å². The molecule has 1 aromatic carbocycles. The van der Waals surface area contributed by atoms with E-state index in [1.165, 1.54) is 18.6 Å². The average molecular weight is 420 g/mol. The first-order chi connectivity index (χ1) is 13.9. The number of piperidine rings is 1. The quantitative estimate of drug-likeness (QED) is 0.417. The van der Waals surface area contributed by atoms with Crippen LogP contribution in [-0.4, -0.2) is 47.0 Å². The third kappa shape index (κ3) is 5.54. The van der Waals surface area contributed by atoms with E-state index < -0.39 is 10.8 Å². The largest absolute Gasteiger partial charge is 0.476 e. The zero-order valence-electron chi connectivity index (χ0n) is 16.1. The van der Waals surface area contributed by atoms with Crippen molar-refractivity contribution in [2.75, 3.05) is 31.1 Å². The van der Waals surface area contributed by atoms with Gasteiger partial charge in [-0.1, -0.05) is 11.6 Å². The van der Waals surface area contributed by atoms with E-state index >= 15 is 0 Å². The third-order valence-corrected chi connectivity index (χ3v) is 4.84. The number of carbonyl (C=O) groups excluding carboxylic acids is 1. The Morgan fingerprint density at radius 3 is 2.76 bits per heavy atom. The second-order valence-electron chi connectivity index (χ2n) is 6.69. The van der Waals surface area contributed by atoms with Gasteiger partial charge < -0.3 is 15.0 Å². The molecule has 2 heterocycles. The maximum Gasteiger partial charge on any atom is 0.288 e. The van der Waals surface area contributed by atoms with Crippen LogP contribution in [0, 0.1) is 17.0 Å². The highest BCUT2D eigenvalue weighted by atomic mass is 35.5. The topological polar surface area (TPSA) is 110 Å². The Morgan fingerprint density at radius 2 is 2.03 bits per heavy atom. The van der Waals surface area contributed by atoms with Gasteiger partial charge in [0.25, 0.3) is 11.6 Å². The minimum absolute atomic E-state index is 0.0153. The summed E-state index contributed by atoms with van der Waals surface area (Å²) < 4.78 is 5.66. The van der Waals surface area contributed by atoms with Gasteiger partial charge in [-0.3, -0.25) is 14.9 Å². The van der Waals surface area contributed by atoms with Gasteiger partial charge in [-0.05, 0) is 38.3 Å². The molecule has 2 aromatic rings. The second-order valence-corrected chi connectivity index (χ2v) is 7.09. The summed E-state index contributed by atoms with van der Waals surface area (Å²) in [6.45, 7) is 4.18. The van der Waals surface area contributed by atoms with E-state index in [0.29, 0.717) is 11.7 Å². The number of ether oxygens (including phenoxy) is 1. The highest BCUT2D eigenvalue weighted by molar-refractivity contribution is 6.32. The van der Waals surface area contributed by atoms with Gasteiger partial charge in [-0.15, -0.1) is 0 Å². The Hall–Kier alpha value is -2.94. The number of hydrogen-bond donors (Lipinski definition) is 1. The molecule has 3 rings (SSSR count). The van der Waals surface area contributed by atoms with E-state index in [2.05, 4.69) is 20.2 Å². The van der Waals surface area contributed by atoms with Crippen LogP contribution in [0.25, 0.3) is 0 Å². The molecule has 1 saturated heterocycles. The Kier molecular flexibility index (Phi) is 6.82. The van der Waals surface area contributed by atoms with Crippen molar-refractivity contribution in [3.63, 3.8) is 0 Å². The number of aromatic nitrogens is 2. The van der Waals surface area contributed by atoms with E-state index in [-0.39, 0.29) is 29.4 Å². The molecule has 1 aromatic heterocycles. The van der Waals surface area contributed by atoms with Gasteiger partial charge in [0.2, 0.25) is 5.88 Å². The van der Waals surface area contributed by atoms with E-state index in [1.54, 1.807) is 0 Å². The molecule has 1 N–H and O–H groups in total. The fourth-order valence-electron chi connectivity index (χ4n) is 3.10. The lowest BCUT2D eigenvalue weighted by molar-refractivity contribution is -0.384. The lowest BCUT2D eigenvalue weighted by Crippen LogP contribution is -2.30. The zero-order valence-corrected chi connectivity index (χ0v) is 16.8. The van der Waals surface area contributed by atoms with Crippen molar-refractivity contribution >= 4 is 29.0 Å². The number of rotatable bonds is 7. The number of halogens is 1. The number of benzene rings is 1. The molecule has 154 valence electrons. The van der Waals surface area contributed by atoms with Crippen molar-refractivity contribution in [2.24, 2.45) is 0 Å². The van der Waals surface area contributed by atoms with Crippen molar-refractivity contribution in [3.8, 4) is 5.88 Å². The molecule has 10 heteroatoms. The maximum absolute atomic E-state index is 12.2. The number of hydrogen-bond acceptors (Lipinski definition) is 7. The first kappa shape index (κ1) is 20.8. The Balaban J connectivity index is 1.54. The molecule has 0 saturated carbocycles. The van der Waals surface area contributed by atoms with Crippen LogP contribution in [0.1, 0.15) is 35.4 Å². The maximum atomic E-state index is 12.2. The number of aryl methyl sites for hydroxylation is 1. The smallest absolute Gasteiger partial charge is 0.288 e. The van der Waals surface area contributed by atoms with Crippen molar-refractivity contribution in [1.82, 2.24) is 15.3 Å². The normalized spacial score (nSPS) is 13.8. The van der Waals surface area contributed by atoms with E-state index in [9.17, 15) is 14.9 Å². The van der Waals surface area contributed by atoms with E-state index in [1.807, 2.05) is 13.0 Å². The number of nitro groups is 1. The minimum Gasteiger partial charge on any atom is -0.476 e. The van der Waals surface area contributed by atoms with Gasteiger partial charge in [0.15, 0.2) is 0 Å². The van der Waals surface area contributed by atoms with Crippen molar-refractivity contribution < 1.29 is 14.5 Å². The van der Waals surface area contributed by atoms with Crippen LogP contribution in [0.2, 0.25) is 5.02 Å². The number of nitrogens with zero attached hydrogens (tertiary/aromatic N) is 4. The molecule has 1 fully saturated rings. The van der Waals surface area contributed by atoms with Crippen LogP contribution >= 0.6 is 11.6 Å². The summed E-state index contributed by atoms with van der Waals surface area (Å²) in [6.07, 6.45) is 3.53. The fraction of sp³-hybridized carbons (Fsp3) is 0.421. The van der Waals surface area contributed by atoms with Gasteiger partial charge in [0, 0.05) is 30.8 Å². The highest BCUT2D eigenvalue weighted by Crippen LogP contribution is 2.25. The molecule has 0 bridgehead atoms. The predicted molar refractivity (Wildman–Crippen MR) is 109 cm³/mol. The summed E-state index contributed by atoms with van der Waals surface area (Å²) in [5.74, 6) is 1.49. The first-order valence-corrected chi connectivity index (χ1v) is 9.77. The molecular weight excluding hydrogens is 398 g/mol. The molecule has 0 radical (unpaired) electrons. The Bertz CT molecular complexity index is 902. The summed E-state index contributed by atoms with van der Waals surface area (Å²) in [5, 5.41) is 13.6. The molecule has 0 unspecified atom stereocenters. The van der Waals surface area contributed by atoms with Crippen LogP contribution in [0.15, 0.2) is 24.3 Å². The van der Waals surface area contributed by atoms with Gasteiger partial charge in [0.05, 0.1) is 11.5 Å². The number of nitro benzene ring substituents is 1. The lowest BCUT2D eigenvalue weighted by atomic mass is 10.1. The molecule has 0 spiro atoms. The fourth-order valence-corrected chi connectivity index (χ4v) is 3.29. The number of nitrogens with one attached hydrogen (secondary N) is 1. The predicted octanol–water partition coefficient (Wildman–Crippen LogP) is 3.15. The lowest BCUT2D eigenvalue weighted by Gasteiger charge is -2.28. The summed E-state index contributed by atoms with van der Waals surface area (Å²) in [4.78, 5) is 33.5. The summed E-state index contributed by atoms with van der Waals surface area (Å²) in [7, 11) is 0. The molecular formula is C19H22ClN5O4. The summed E-state index contributed by atoms with van der Waals surface area (Å²) in [5.41, 5.74) is -0.149. The minimum atomic E-state index is -0.625. The van der Waals surface area contributed by atoms with Crippen molar-refractivity contribution in [3.05, 3.63) is 50.8 Å². The molecule has 9 nitrogen and oxygen atoms in total. The van der Waals surface area contributed by atoms with Crippen LogP contribution in [0.3, 0.4) is 0 Å². The van der Waals surface area contributed by atoms with Crippen molar-refractivity contribution in [2.45, 2.75) is 26.2 Å². The number of amides is 1. The Morgan fingerprint density at radius 1 is 1.28 bits per heavy atom. The monoisotopic (exact) mass is 419 g/mol. The summed E-state index contributed by atoms with van der Waals surface area (Å²) >= 11 is 5.76. The van der Waals surface area contributed by atoms with Gasteiger partial charge >= 0.3 is 0 Å². The average Bonchev–Trinajstić information content (AvgIpc) is 2.71. The van der Waals surface area contributed by atoms with Crippen LogP contribution < -0.4 is 15.0 Å². The van der Waals surface area contributed by atoms with Crippen LogP contribution in [-0.2, 0) is 0 Å². The van der Waals surface area contributed by atoms with Gasteiger partial charge in [0.1, 0.15) is 23.3 Å². The van der Waals surface area contributed by atoms with E-state index in [4.69, 9.17) is 16.3 Å². The number of carbonyl (C=O) groups is 1.